The quantitative estimate of drug-likeness (QED) is 0.706. The molecular formula is C9H12ClN3O. The molecule has 1 aromatic heterocycles. The minimum Gasteiger partial charge on any atom is -0.375 e. The lowest BCUT2D eigenvalue weighted by Gasteiger charge is -2.32. The number of nitrogens with zero attached hydrogens (tertiary/aromatic N) is 3. The molecule has 1 aliphatic heterocycles. The monoisotopic (exact) mass is 213 g/mol. The van der Waals surface area contributed by atoms with Crippen LogP contribution in [-0.2, 0) is 4.74 Å². The number of anilines is 1. The fraction of sp³-hybridized carbons (Fsp3) is 0.556. The van der Waals surface area contributed by atoms with Gasteiger partial charge in [-0.05, 0) is 6.92 Å². The van der Waals surface area contributed by atoms with Gasteiger partial charge >= 0.3 is 0 Å². The van der Waals surface area contributed by atoms with E-state index in [-0.39, 0.29) is 6.10 Å². The van der Waals surface area contributed by atoms with Crippen molar-refractivity contribution < 1.29 is 4.74 Å². The van der Waals surface area contributed by atoms with Crippen LogP contribution in [0.5, 0.6) is 0 Å². The molecule has 2 heterocycles. The largest absolute Gasteiger partial charge is 0.375 e. The van der Waals surface area contributed by atoms with Gasteiger partial charge in [0, 0.05) is 19.2 Å². The van der Waals surface area contributed by atoms with Crippen LogP contribution in [0.15, 0.2) is 12.3 Å². The molecule has 4 nitrogen and oxygen atoms in total. The van der Waals surface area contributed by atoms with E-state index in [2.05, 4.69) is 22.0 Å². The van der Waals surface area contributed by atoms with Gasteiger partial charge in [-0.25, -0.2) is 0 Å². The van der Waals surface area contributed by atoms with Crippen LogP contribution in [0.25, 0.3) is 0 Å². The molecule has 1 aromatic rings. The molecule has 1 saturated heterocycles. The van der Waals surface area contributed by atoms with Crippen LogP contribution in [0, 0.1) is 0 Å². The van der Waals surface area contributed by atoms with Gasteiger partial charge in [0.2, 0.25) is 0 Å². The second-order valence-corrected chi connectivity index (χ2v) is 3.75. The number of rotatable bonds is 1. The van der Waals surface area contributed by atoms with Gasteiger partial charge in [0.05, 0.1) is 24.6 Å². The first-order chi connectivity index (χ1) is 6.75. The van der Waals surface area contributed by atoms with Crippen molar-refractivity contribution in [1.29, 1.82) is 0 Å². The number of hydrogen-bond acceptors (Lipinski definition) is 4. The van der Waals surface area contributed by atoms with E-state index in [9.17, 15) is 0 Å². The zero-order chi connectivity index (χ0) is 9.97. The lowest BCUT2D eigenvalue weighted by molar-refractivity contribution is 0.0532. The molecule has 5 heteroatoms. The third kappa shape index (κ3) is 2.13. The summed E-state index contributed by atoms with van der Waals surface area (Å²) in [4.78, 5) is 2.20. The molecule has 0 spiro atoms. The van der Waals surface area contributed by atoms with E-state index in [4.69, 9.17) is 16.3 Å². The molecule has 14 heavy (non-hydrogen) atoms. The topological polar surface area (TPSA) is 38.2 Å². The molecule has 1 fully saturated rings. The standard InChI is InChI=1S/C9H12ClN3O/c1-7-6-13(2-3-14-7)8-4-9(10)12-11-5-8/h4-5,7H,2-3,6H2,1H3. The molecule has 0 saturated carbocycles. The average Bonchev–Trinajstić information content (AvgIpc) is 2.18. The van der Waals surface area contributed by atoms with Gasteiger partial charge < -0.3 is 9.64 Å². The van der Waals surface area contributed by atoms with Crippen molar-refractivity contribution in [3.05, 3.63) is 17.4 Å². The Labute approximate surface area is 87.8 Å². The maximum Gasteiger partial charge on any atom is 0.153 e. The maximum absolute atomic E-state index is 5.77. The molecule has 0 radical (unpaired) electrons. The number of morpholine rings is 1. The number of hydrogen-bond donors (Lipinski definition) is 0. The van der Waals surface area contributed by atoms with Crippen LogP contribution in [0.4, 0.5) is 5.69 Å². The molecule has 0 amide bonds. The molecule has 1 aliphatic rings. The normalized spacial score (nSPS) is 22.4. The Kier molecular flexibility index (Phi) is 2.84. The van der Waals surface area contributed by atoms with Crippen molar-refractivity contribution >= 4 is 17.3 Å². The summed E-state index contributed by atoms with van der Waals surface area (Å²) < 4.78 is 5.45. The smallest absolute Gasteiger partial charge is 0.153 e. The van der Waals surface area contributed by atoms with Crippen molar-refractivity contribution in [3.8, 4) is 0 Å². The van der Waals surface area contributed by atoms with Crippen molar-refractivity contribution in [3.63, 3.8) is 0 Å². The summed E-state index contributed by atoms with van der Waals surface area (Å²) in [6, 6.07) is 1.83. The highest BCUT2D eigenvalue weighted by Crippen LogP contribution is 2.18. The summed E-state index contributed by atoms with van der Waals surface area (Å²) in [6.45, 7) is 4.57. The molecule has 0 N–H and O–H groups in total. The number of ether oxygens (including phenoxy) is 1. The maximum atomic E-state index is 5.77. The zero-order valence-electron chi connectivity index (χ0n) is 7.98. The summed E-state index contributed by atoms with van der Waals surface area (Å²) in [6.07, 6.45) is 1.99. The molecule has 76 valence electrons. The fourth-order valence-corrected chi connectivity index (χ4v) is 1.71. The first kappa shape index (κ1) is 9.68. The van der Waals surface area contributed by atoms with Gasteiger partial charge in [0.1, 0.15) is 0 Å². The lowest BCUT2D eigenvalue weighted by atomic mass is 10.3. The van der Waals surface area contributed by atoms with Crippen molar-refractivity contribution in [2.45, 2.75) is 13.0 Å². The van der Waals surface area contributed by atoms with Crippen LogP contribution < -0.4 is 4.90 Å². The Balaban J connectivity index is 2.14. The Bertz CT molecular complexity index is 321. The molecular weight excluding hydrogens is 202 g/mol. The van der Waals surface area contributed by atoms with Gasteiger partial charge in [0.15, 0.2) is 5.15 Å². The van der Waals surface area contributed by atoms with E-state index < -0.39 is 0 Å². The highest BCUT2D eigenvalue weighted by atomic mass is 35.5. The first-order valence-corrected chi connectivity index (χ1v) is 4.98. The van der Waals surface area contributed by atoms with E-state index in [1.54, 1.807) is 6.20 Å². The average molecular weight is 214 g/mol. The summed E-state index contributed by atoms with van der Waals surface area (Å²) >= 11 is 5.77. The molecule has 1 unspecified atom stereocenters. The Morgan fingerprint density at radius 2 is 2.50 bits per heavy atom. The molecule has 0 bridgehead atoms. The van der Waals surface area contributed by atoms with E-state index in [0.717, 1.165) is 25.4 Å². The fourth-order valence-electron chi connectivity index (χ4n) is 1.56. The SMILES string of the molecule is CC1CN(c2cnnc(Cl)c2)CCO1. The van der Waals surface area contributed by atoms with Crippen LogP contribution in [-0.4, -0.2) is 36.0 Å². The summed E-state index contributed by atoms with van der Waals surface area (Å²) in [5.74, 6) is 0. The summed E-state index contributed by atoms with van der Waals surface area (Å²) in [7, 11) is 0. The van der Waals surface area contributed by atoms with Gasteiger partial charge in [0.25, 0.3) is 0 Å². The minimum absolute atomic E-state index is 0.260. The Hall–Kier alpha value is -0.870. The highest BCUT2D eigenvalue weighted by Gasteiger charge is 2.17. The first-order valence-electron chi connectivity index (χ1n) is 4.60. The predicted octanol–water partition coefficient (Wildman–Crippen LogP) is 1.36. The van der Waals surface area contributed by atoms with E-state index in [0.29, 0.717) is 5.15 Å². The minimum atomic E-state index is 0.260. The third-order valence-electron chi connectivity index (χ3n) is 2.22. The lowest BCUT2D eigenvalue weighted by Crippen LogP contribution is -2.41. The van der Waals surface area contributed by atoms with Crippen LogP contribution in [0.1, 0.15) is 6.92 Å². The van der Waals surface area contributed by atoms with E-state index in [1.165, 1.54) is 0 Å². The predicted molar refractivity (Wildman–Crippen MR) is 54.7 cm³/mol. The van der Waals surface area contributed by atoms with Crippen molar-refractivity contribution in [2.75, 3.05) is 24.6 Å². The summed E-state index contributed by atoms with van der Waals surface area (Å²) in [5, 5.41) is 7.96. The van der Waals surface area contributed by atoms with Gasteiger partial charge in [-0.15, -0.1) is 5.10 Å². The number of aromatic nitrogens is 2. The summed E-state index contributed by atoms with van der Waals surface area (Å²) in [5.41, 5.74) is 1.01. The van der Waals surface area contributed by atoms with Crippen molar-refractivity contribution in [1.82, 2.24) is 10.2 Å². The van der Waals surface area contributed by atoms with Crippen LogP contribution in [0.3, 0.4) is 0 Å². The van der Waals surface area contributed by atoms with Crippen LogP contribution >= 0.6 is 11.6 Å². The molecule has 0 aliphatic carbocycles. The zero-order valence-corrected chi connectivity index (χ0v) is 8.74. The second-order valence-electron chi connectivity index (χ2n) is 3.36. The van der Waals surface area contributed by atoms with E-state index >= 15 is 0 Å². The van der Waals surface area contributed by atoms with Gasteiger partial charge in [-0.2, -0.15) is 5.10 Å². The Morgan fingerprint density at radius 1 is 1.64 bits per heavy atom. The van der Waals surface area contributed by atoms with Gasteiger partial charge in [-0.3, -0.25) is 0 Å². The van der Waals surface area contributed by atoms with Crippen LogP contribution in [0.2, 0.25) is 5.15 Å². The van der Waals surface area contributed by atoms with E-state index in [1.807, 2.05) is 6.07 Å². The van der Waals surface area contributed by atoms with Crippen molar-refractivity contribution in [2.24, 2.45) is 0 Å². The molecule has 0 aromatic carbocycles. The second kappa shape index (κ2) is 4.11. The Morgan fingerprint density at radius 3 is 3.21 bits per heavy atom. The van der Waals surface area contributed by atoms with Gasteiger partial charge in [-0.1, -0.05) is 11.6 Å². The highest BCUT2D eigenvalue weighted by molar-refractivity contribution is 6.29. The molecule has 1 atom stereocenters. The molecule has 2 rings (SSSR count). The number of halogens is 1. The third-order valence-corrected chi connectivity index (χ3v) is 2.40.